The third-order valence-corrected chi connectivity index (χ3v) is 3.78. The molecule has 2 aromatic rings. The predicted molar refractivity (Wildman–Crippen MR) is 68.0 cm³/mol. The van der Waals surface area contributed by atoms with E-state index in [1.165, 1.54) is 0 Å². The van der Waals surface area contributed by atoms with Gasteiger partial charge in [-0.3, -0.25) is 9.20 Å². The Balaban J connectivity index is 2.25. The second kappa shape index (κ2) is 4.46. The summed E-state index contributed by atoms with van der Waals surface area (Å²) in [5, 5.41) is 5.18. The number of hydrogen-bond acceptors (Lipinski definition) is 4. The van der Waals surface area contributed by atoms with Crippen LogP contribution in [0.3, 0.4) is 0 Å². The maximum atomic E-state index is 11.0. The van der Waals surface area contributed by atoms with E-state index in [1.54, 1.807) is 18.3 Å². The average molecular weight is 252 g/mol. The number of carbonyl (C=O) groups is 1. The third kappa shape index (κ3) is 2.18. The van der Waals surface area contributed by atoms with Crippen molar-refractivity contribution in [2.45, 2.75) is 33.4 Å². The molecule has 0 saturated carbocycles. The summed E-state index contributed by atoms with van der Waals surface area (Å²) >= 11 is 1.62. The van der Waals surface area contributed by atoms with Crippen molar-refractivity contribution in [3.63, 3.8) is 0 Å². The zero-order valence-corrected chi connectivity index (χ0v) is 11.0. The highest BCUT2D eigenvalue weighted by atomic mass is 32.1. The van der Waals surface area contributed by atoms with E-state index in [0.29, 0.717) is 6.54 Å². The Morgan fingerprint density at radius 3 is 3.00 bits per heavy atom. The fourth-order valence-electron chi connectivity index (χ4n) is 1.73. The number of imidazole rings is 1. The van der Waals surface area contributed by atoms with Gasteiger partial charge in [0.15, 0.2) is 4.96 Å². The summed E-state index contributed by atoms with van der Waals surface area (Å²) in [4.78, 5) is 16.4. The Labute approximate surface area is 104 Å². The number of hydrogen-bond donors (Lipinski definition) is 2. The number of rotatable bonds is 4. The van der Waals surface area contributed by atoms with E-state index in [0.717, 1.165) is 22.0 Å². The first kappa shape index (κ1) is 12.1. The van der Waals surface area contributed by atoms with Gasteiger partial charge in [-0.2, -0.15) is 0 Å². The molecule has 0 aromatic carbocycles. The van der Waals surface area contributed by atoms with Gasteiger partial charge in [0.25, 0.3) is 0 Å². The van der Waals surface area contributed by atoms with Gasteiger partial charge in [-0.15, -0.1) is 11.3 Å². The molecule has 1 amide bonds. The molecule has 0 radical (unpaired) electrons. The van der Waals surface area contributed by atoms with Gasteiger partial charge in [0.1, 0.15) is 0 Å². The molecular weight excluding hydrogens is 236 g/mol. The second-order valence-electron chi connectivity index (χ2n) is 4.14. The molecule has 2 heterocycles. The lowest BCUT2D eigenvalue weighted by atomic mass is 10.3. The van der Waals surface area contributed by atoms with Crippen molar-refractivity contribution < 1.29 is 4.79 Å². The molecule has 0 spiro atoms. The van der Waals surface area contributed by atoms with Crippen molar-refractivity contribution in [2.75, 3.05) is 0 Å². The predicted octanol–water partition coefficient (Wildman–Crippen LogP) is 0.976. The van der Waals surface area contributed by atoms with Crippen LogP contribution in [0.1, 0.15) is 24.0 Å². The molecule has 0 saturated heterocycles. The molecule has 0 aliphatic rings. The van der Waals surface area contributed by atoms with Gasteiger partial charge in [0.05, 0.1) is 17.4 Å². The first-order valence-corrected chi connectivity index (χ1v) is 6.33. The molecule has 0 aliphatic carbocycles. The Hall–Kier alpha value is -1.40. The summed E-state index contributed by atoms with van der Waals surface area (Å²) in [6.07, 6.45) is 0. The first-order valence-electron chi connectivity index (χ1n) is 5.45. The lowest BCUT2D eigenvalue weighted by Gasteiger charge is -2.10. The van der Waals surface area contributed by atoms with Crippen molar-refractivity contribution in [2.24, 2.45) is 5.73 Å². The lowest BCUT2D eigenvalue weighted by molar-refractivity contribution is -0.119. The summed E-state index contributed by atoms with van der Waals surface area (Å²) < 4.78 is 2.11. The van der Waals surface area contributed by atoms with Crippen LogP contribution in [0.15, 0.2) is 5.38 Å². The summed E-state index contributed by atoms with van der Waals surface area (Å²) in [7, 11) is 0. The first-order chi connectivity index (χ1) is 8.00. The minimum atomic E-state index is -0.342. The van der Waals surface area contributed by atoms with Gasteiger partial charge in [0, 0.05) is 17.6 Å². The SMILES string of the molecule is Cc1nc2scc(C)n2c1CNC(C)C(N)=O. The fourth-order valence-corrected chi connectivity index (χ4v) is 2.66. The Morgan fingerprint density at radius 2 is 2.35 bits per heavy atom. The second-order valence-corrected chi connectivity index (χ2v) is 4.98. The van der Waals surface area contributed by atoms with Crippen LogP contribution in [-0.4, -0.2) is 21.3 Å². The topological polar surface area (TPSA) is 72.4 Å². The van der Waals surface area contributed by atoms with Crippen LogP contribution in [0.5, 0.6) is 0 Å². The standard InChI is InChI=1S/C11H16N4OS/c1-6-5-17-11-14-7(2)9(15(6)11)4-13-8(3)10(12)16/h5,8,13H,4H2,1-3H3,(H2,12,16). The molecule has 17 heavy (non-hydrogen) atoms. The van der Waals surface area contributed by atoms with E-state index in [4.69, 9.17) is 5.73 Å². The molecule has 1 atom stereocenters. The number of primary amides is 1. The van der Waals surface area contributed by atoms with Crippen molar-refractivity contribution >= 4 is 22.2 Å². The minimum Gasteiger partial charge on any atom is -0.368 e. The van der Waals surface area contributed by atoms with Crippen molar-refractivity contribution in [1.29, 1.82) is 0 Å². The van der Waals surface area contributed by atoms with Crippen LogP contribution in [0.2, 0.25) is 0 Å². The summed E-state index contributed by atoms with van der Waals surface area (Å²) in [6.45, 7) is 6.38. The molecule has 0 fully saturated rings. The van der Waals surface area contributed by atoms with Crippen molar-refractivity contribution in [1.82, 2.24) is 14.7 Å². The lowest BCUT2D eigenvalue weighted by Crippen LogP contribution is -2.38. The van der Waals surface area contributed by atoms with Crippen molar-refractivity contribution in [3.8, 4) is 0 Å². The highest BCUT2D eigenvalue weighted by Gasteiger charge is 2.14. The third-order valence-electron chi connectivity index (χ3n) is 2.83. The quantitative estimate of drug-likeness (QED) is 0.852. The van der Waals surface area contributed by atoms with Crippen LogP contribution in [0.25, 0.3) is 4.96 Å². The zero-order valence-electron chi connectivity index (χ0n) is 10.2. The molecule has 1 unspecified atom stereocenters. The summed E-state index contributed by atoms with van der Waals surface area (Å²) in [5.41, 5.74) is 8.46. The number of aromatic nitrogens is 2. The highest BCUT2D eigenvalue weighted by molar-refractivity contribution is 7.15. The van der Waals surface area contributed by atoms with Gasteiger partial charge < -0.3 is 11.1 Å². The maximum absolute atomic E-state index is 11.0. The summed E-state index contributed by atoms with van der Waals surface area (Å²) in [5.74, 6) is -0.342. The van der Waals surface area contributed by atoms with E-state index in [-0.39, 0.29) is 11.9 Å². The molecule has 0 aliphatic heterocycles. The van der Waals surface area contributed by atoms with Crippen LogP contribution in [-0.2, 0) is 11.3 Å². The molecule has 3 N–H and O–H groups in total. The number of amides is 1. The summed E-state index contributed by atoms with van der Waals surface area (Å²) in [6, 6.07) is -0.334. The number of fused-ring (bicyclic) bond motifs is 1. The molecular formula is C11H16N4OS. The van der Waals surface area contributed by atoms with E-state index < -0.39 is 0 Å². The van der Waals surface area contributed by atoms with Gasteiger partial charge in [-0.1, -0.05) is 0 Å². The number of aryl methyl sites for hydroxylation is 2. The average Bonchev–Trinajstić information content (AvgIpc) is 2.76. The van der Waals surface area contributed by atoms with Crippen LogP contribution < -0.4 is 11.1 Å². The maximum Gasteiger partial charge on any atom is 0.234 e. The van der Waals surface area contributed by atoms with Crippen LogP contribution in [0.4, 0.5) is 0 Å². The van der Waals surface area contributed by atoms with E-state index >= 15 is 0 Å². The normalized spacial score (nSPS) is 13.1. The van der Waals surface area contributed by atoms with Gasteiger partial charge in [-0.25, -0.2) is 4.98 Å². The number of carbonyl (C=O) groups excluding carboxylic acids is 1. The number of nitrogens with zero attached hydrogens (tertiary/aromatic N) is 2. The van der Waals surface area contributed by atoms with Crippen molar-refractivity contribution in [3.05, 3.63) is 22.5 Å². The highest BCUT2D eigenvalue weighted by Crippen LogP contribution is 2.20. The molecule has 6 heteroatoms. The van der Waals surface area contributed by atoms with Gasteiger partial charge in [0.2, 0.25) is 5.91 Å². The van der Waals surface area contributed by atoms with E-state index in [1.807, 2.05) is 13.8 Å². The number of nitrogens with two attached hydrogens (primary N) is 1. The number of nitrogens with one attached hydrogen (secondary N) is 1. The largest absolute Gasteiger partial charge is 0.368 e. The Morgan fingerprint density at radius 1 is 1.65 bits per heavy atom. The van der Waals surface area contributed by atoms with E-state index in [9.17, 15) is 4.79 Å². The van der Waals surface area contributed by atoms with Crippen LogP contribution in [0, 0.1) is 13.8 Å². The number of thiazole rings is 1. The molecule has 2 aromatic heterocycles. The van der Waals surface area contributed by atoms with E-state index in [2.05, 4.69) is 20.1 Å². The molecule has 2 rings (SSSR count). The monoisotopic (exact) mass is 252 g/mol. The molecule has 5 nitrogen and oxygen atoms in total. The molecule has 0 bridgehead atoms. The smallest absolute Gasteiger partial charge is 0.234 e. The Kier molecular flexibility index (Phi) is 3.17. The minimum absolute atomic E-state index is 0.334. The van der Waals surface area contributed by atoms with Gasteiger partial charge in [-0.05, 0) is 20.8 Å². The van der Waals surface area contributed by atoms with Crippen LogP contribution >= 0.6 is 11.3 Å². The fraction of sp³-hybridized carbons (Fsp3) is 0.455. The molecule has 92 valence electrons. The zero-order chi connectivity index (χ0) is 12.6. The Bertz CT molecular complexity index is 557. The van der Waals surface area contributed by atoms with Gasteiger partial charge >= 0.3 is 0 Å².